The van der Waals surface area contributed by atoms with Gasteiger partial charge in [-0.15, -0.1) is 0 Å². The number of aromatic nitrogens is 2. The Kier molecular flexibility index (Phi) is 3.50. The third kappa shape index (κ3) is 2.39. The van der Waals surface area contributed by atoms with Gasteiger partial charge in [-0.1, -0.05) is 12.1 Å². The van der Waals surface area contributed by atoms with Crippen LogP contribution in [0.2, 0.25) is 0 Å². The molecule has 3 N–H and O–H groups in total. The third-order valence-corrected chi connectivity index (χ3v) is 3.66. The predicted octanol–water partition coefficient (Wildman–Crippen LogP) is 1.26. The van der Waals surface area contributed by atoms with Gasteiger partial charge in [0.15, 0.2) is 5.75 Å². The molecular formula is C16H14N2O4. The number of benzene rings is 1. The number of hydrogen-bond acceptors (Lipinski definition) is 5. The molecule has 6 nitrogen and oxygen atoms in total. The Morgan fingerprint density at radius 3 is 2.64 bits per heavy atom. The molecule has 3 aromatic rings. The number of aryl methyl sites for hydroxylation is 2. The summed E-state index contributed by atoms with van der Waals surface area (Å²) in [6.45, 7) is 0. The molecule has 0 radical (unpaired) electrons. The summed E-state index contributed by atoms with van der Waals surface area (Å²) in [5.41, 5.74) is 0.663. The monoisotopic (exact) mass is 298 g/mol. The van der Waals surface area contributed by atoms with Gasteiger partial charge in [0.05, 0.1) is 11.3 Å². The van der Waals surface area contributed by atoms with Crippen LogP contribution in [0.15, 0.2) is 40.1 Å². The van der Waals surface area contributed by atoms with E-state index >= 15 is 0 Å². The van der Waals surface area contributed by atoms with Crippen molar-refractivity contribution in [2.45, 2.75) is 19.3 Å². The van der Waals surface area contributed by atoms with Crippen molar-refractivity contribution < 1.29 is 10.2 Å². The Hall–Kier alpha value is -2.89. The fourth-order valence-corrected chi connectivity index (χ4v) is 2.53. The van der Waals surface area contributed by atoms with Crippen molar-refractivity contribution in [2.75, 3.05) is 0 Å². The van der Waals surface area contributed by atoms with E-state index in [9.17, 15) is 19.8 Å². The van der Waals surface area contributed by atoms with E-state index in [1.165, 1.54) is 6.20 Å². The third-order valence-electron chi connectivity index (χ3n) is 3.66. The van der Waals surface area contributed by atoms with Gasteiger partial charge in [0.2, 0.25) is 5.43 Å². The summed E-state index contributed by atoms with van der Waals surface area (Å²) < 4.78 is 0. The standard InChI is InChI=1S/C16H14N2O4/c19-10-5-1-3-9(7-10)4-2-6-12-11(8-17-18-12)13-14(20)16(22)15(13)21/h1,3,5,7-8,19-20H,2,4,6H2,(H,17,18). The number of nitrogens with one attached hydrogen (secondary N) is 1. The minimum absolute atomic E-state index is 0.0473. The Bertz CT molecular complexity index is 888. The molecule has 22 heavy (non-hydrogen) atoms. The molecule has 0 fully saturated rings. The maximum absolute atomic E-state index is 11.5. The van der Waals surface area contributed by atoms with Crippen molar-refractivity contribution >= 4 is 0 Å². The maximum Gasteiger partial charge on any atom is 0.268 e. The smallest absolute Gasteiger partial charge is 0.268 e. The molecule has 0 aliphatic rings. The Balaban J connectivity index is 1.71. The normalized spacial score (nSPS) is 11.1. The SMILES string of the molecule is O=c1c(O)c(-c2c[nH]nc2CCCc2cccc(O)c2)c1=O. The van der Waals surface area contributed by atoms with Gasteiger partial charge in [-0.25, -0.2) is 0 Å². The van der Waals surface area contributed by atoms with Gasteiger partial charge in [0.1, 0.15) is 5.75 Å². The van der Waals surface area contributed by atoms with Crippen LogP contribution in [-0.4, -0.2) is 20.4 Å². The average molecular weight is 298 g/mol. The lowest BCUT2D eigenvalue weighted by Gasteiger charge is -2.06. The van der Waals surface area contributed by atoms with Crippen molar-refractivity contribution in [1.82, 2.24) is 10.2 Å². The summed E-state index contributed by atoms with van der Waals surface area (Å²) >= 11 is 0. The van der Waals surface area contributed by atoms with Gasteiger partial charge >= 0.3 is 0 Å². The molecule has 3 rings (SSSR count). The number of H-pyrrole nitrogens is 1. The highest BCUT2D eigenvalue weighted by Gasteiger charge is 2.24. The average Bonchev–Trinajstić information content (AvgIpc) is 2.95. The zero-order valence-corrected chi connectivity index (χ0v) is 11.7. The maximum atomic E-state index is 11.5. The van der Waals surface area contributed by atoms with E-state index in [1.807, 2.05) is 6.07 Å². The summed E-state index contributed by atoms with van der Waals surface area (Å²) in [5, 5.41) is 25.7. The molecule has 0 saturated carbocycles. The van der Waals surface area contributed by atoms with Crippen LogP contribution in [0.25, 0.3) is 11.1 Å². The van der Waals surface area contributed by atoms with Crippen molar-refractivity contribution in [1.29, 1.82) is 0 Å². The molecule has 0 unspecified atom stereocenters. The number of phenols is 1. The summed E-state index contributed by atoms with van der Waals surface area (Å²) in [6.07, 6.45) is 3.61. The van der Waals surface area contributed by atoms with Crippen molar-refractivity contribution in [3.8, 4) is 22.6 Å². The summed E-state index contributed by atoms with van der Waals surface area (Å²) in [6, 6.07) is 7.03. The van der Waals surface area contributed by atoms with Crippen LogP contribution in [0.3, 0.4) is 0 Å². The topological polar surface area (TPSA) is 103 Å². The van der Waals surface area contributed by atoms with E-state index in [0.29, 0.717) is 17.7 Å². The number of phenolic OH excluding ortho intramolecular Hbond substituents is 1. The summed E-state index contributed by atoms with van der Waals surface area (Å²) in [4.78, 5) is 22.6. The van der Waals surface area contributed by atoms with Gasteiger partial charge in [-0.2, -0.15) is 5.10 Å². The van der Waals surface area contributed by atoms with E-state index in [-0.39, 0.29) is 11.3 Å². The molecule has 0 atom stereocenters. The Morgan fingerprint density at radius 1 is 1.09 bits per heavy atom. The number of hydrogen-bond donors (Lipinski definition) is 3. The summed E-state index contributed by atoms with van der Waals surface area (Å²) in [5.74, 6) is -0.257. The van der Waals surface area contributed by atoms with Gasteiger partial charge in [-0.05, 0) is 37.0 Å². The predicted molar refractivity (Wildman–Crippen MR) is 80.7 cm³/mol. The van der Waals surface area contributed by atoms with E-state index in [2.05, 4.69) is 10.2 Å². The molecule has 0 aliphatic carbocycles. The van der Waals surface area contributed by atoms with Crippen LogP contribution >= 0.6 is 0 Å². The number of aromatic hydroxyl groups is 2. The number of rotatable bonds is 5. The molecule has 2 aromatic carbocycles. The molecule has 0 saturated heterocycles. The van der Waals surface area contributed by atoms with Gasteiger partial charge < -0.3 is 10.2 Å². The van der Waals surface area contributed by atoms with E-state index in [1.54, 1.807) is 18.2 Å². The van der Waals surface area contributed by atoms with Crippen LogP contribution in [-0.2, 0) is 12.8 Å². The van der Waals surface area contributed by atoms with Crippen molar-refractivity contribution in [3.63, 3.8) is 0 Å². The minimum Gasteiger partial charge on any atom is -0.508 e. The minimum atomic E-state index is -0.845. The van der Waals surface area contributed by atoms with Crippen LogP contribution in [0.1, 0.15) is 17.7 Å². The first kappa shape index (κ1) is 14.1. The largest absolute Gasteiger partial charge is 0.508 e. The highest BCUT2D eigenvalue weighted by atomic mass is 16.3. The van der Waals surface area contributed by atoms with Crippen molar-refractivity contribution in [2.24, 2.45) is 0 Å². The zero-order valence-electron chi connectivity index (χ0n) is 11.7. The van der Waals surface area contributed by atoms with Gasteiger partial charge in [0, 0.05) is 11.8 Å². The van der Waals surface area contributed by atoms with Crippen molar-refractivity contribution in [3.05, 3.63) is 62.2 Å². The Labute approximate surface area is 125 Å². The molecule has 6 heteroatoms. The second-order valence-electron chi connectivity index (χ2n) is 5.15. The molecule has 112 valence electrons. The molecule has 0 bridgehead atoms. The number of aromatic amines is 1. The second-order valence-corrected chi connectivity index (χ2v) is 5.15. The first-order valence-corrected chi connectivity index (χ1v) is 6.91. The van der Waals surface area contributed by atoms with Crippen LogP contribution in [0, 0.1) is 0 Å². The van der Waals surface area contributed by atoms with Crippen LogP contribution in [0.4, 0.5) is 0 Å². The quantitative estimate of drug-likeness (QED) is 0.615. The van der Waals surface area contributed by atoms with E-state index < -0.39 is 16.6 Å². The van der Waals surface area contributed by atoms with E-state index in [4.69, 9.17) is 0 Å². The number of nitrogens with zero attached hydrogens (tertiary/aromatic N) is 1. The molecule has 1 heterocycles. The fraction of sp³-hybridized carbons (Fsp3) is 0.188. The lowest BCUT2D eigenvalue weighted by molar-refractivity contribution is 0.465. The zero-order chi connectivity index (χ0) is 15.7. The lowest BCUT2D eigenvalue weighted by atomic mass is 9.98. The van der Waals surface area contributed by atoms with Gasteiger partial charge in [0.25, 0.3) is 5.43 Å². The second kappa shape index (κ2) is 5.48. The van der Waals surface area contributed by atoms with E-state index in [0.717, 1.165) is 18.4 Å². The Morgan fingerprint density at radius 2 is 1.91 bits per heavy atom. The highest BCUT2D eigenvalue weighted by Crippen LogP contribution is 2.27. The lowest BCUT2D eigenvalue weighted by Crippen LogP contribution is -2.32. The molecule has 0 aliphatic heterocycles. The molecule has 0 spiro atoms. The fourth-order valence-electron chi connectivity index (χ4n) is 2.53. The molecule has 1 aromatic heterocycles. The first-order chi connectivity index (χ1) is 10.6. The summed E-state index contributed by atoms with van der Waals surface area (Å²) in [7, 11) is 0. The van der Waals surface area contributed by atoms with Gasteiger partial charge in [-0.3, -0.25) is 14.7 Å². The highest BCUT2D eigenvalue weighted by molar-refractivity contribution is 5.74. The molecular weight excluding hydrogens is 284 g/mol. The van der Waals surface area contributed by atoms with Crippen LogP contribution in [0.5, 0.6) is 11.5 Å². The van der Waals surface area contributed by atoms with Crippen LogP contribution < -0.4 is 10.9 Å². The first-order valence-electron chi connectivity index (χ1n) is 6.91. The molecule has 0 amide bonds.